The van der Waals surface area contributed by atoms with E-state index in [-0.39, 0.29) is 44.8 Å². The molecule has 0 amide bonds. The van der Waals surface area contributed by atoms with Gasteiger partial charge in [0.2, 0.25) is 0 Å². The molecule has 0 saturated carbocycles. The predicted molar refractivity (Wildman–Crippen MR) is 87.3 cm³/mol. The molecule has 1 fully saturated rings. The Labute approximate surface area is 131 Å². The van der Waals surface area contributed by atoms with Gasteiger partial charge in [0, 0.05) is 23.5 Å². The average Bonchev–Trinajstić information content (AvgIpc) is 2.58. The van der Waals surface area contributed by atoms with Gasteiger partial charge in [-0.2, -0.15) is 40.2 Å². The van der Waals surface area contributed by atoms with Crippen molar-refractivity contribution in [2.45, 2.75) is 44.9 Å². The van der Waals surface area contributed by atoms with Gasteiger partial charge in [0.25, 0.3) is 0 Å². The summed E-state index contributed by atoms with van der Waals surface area (Å²) < 4.78 is 38.4. The monoisotopic (exact) mass is 326 g/mol. The summed E-state index contributed by atoms with van der Waals surface area (Å²) in [4.78, 5) is 2.04. The summed E-state index contributed by atoms with van der Waals surface area (Å²) in [6, 6.07) is 4.71. The molecule has 1 saturated heterocycles. The third-order valence-corrected chi connectivity index (χ3v) is 3.59. The van der Waals surface area contributed by atoms with Crippen molar-refractivity contribution in [2.24, 2.45) is 0 Å². The minimum absolute atomic E-state index is 0. The molecule has 2 N–H and O–H groups in total. The highest BCUT2D eigenvalue weighted by molar-refractivity contribution is 7.59. The van der Waals surface area contributed by atoms with Crippen molar-refractivity contribution in [2.75, 3.05) is 10.6 Å². The summed E-state index contributed by atoms with van der Waals surface area (Å²) in [5.74, 6) is 0. The van der Waals surface area contributed by atoms with Crippen LogP contribution in [0, 0.1) is 0 Å². The minimum Gasteiger partial charge on any atom is -0.398 e. The molecule has 1 heterocycles. The lowest BCUT2D eigenvalue weighted by molar-refractivity contribution is -0.136. The van der Waals surface area contributed by atoms with E-state index in [1.807, 2.05) is 18.7 Å². The molecule has 0 aliphatic carbocycles. The maximum absolute atomic E-state index is 12.8. The average molecular weight is 326 g/mol. The van der Waals surface area contributed by atoms with Crippen LogP contribution in [-0.4, -0.2) is 12.1 Å². The van der Waals surface area contributed by atoms with E-state index in [1.54, 1.807) is 6.07 Å². The van der Waals surface area contributed by atoms with E-state index in [0.717, 1.165) is 18.9 Å². The lowest BCUT2D eigenvalue weighted by atomic mass is 10.1. The SMILES string of the molecule is C[C@H]1CC[C@H](C)N1c1ccc(N)c(C(F)(F)F)c1.S.S. The van der Waals surface area contributed by atoms with Gasteiger partial charge in [0.1, 0.15) is 0 Å². The van der Waals surface area contributed by atoms with Crippen molar-refractivity contribution in [3.05, 3.63) is 23.8 Å². The van der Waals surface area contributed by atoms with Gasteiger partial charge < -0.3 is 10.6 Å². The molecule has 0 bridgehead atoms. The first-order valence-electron chi connectivity index (χ1n) is 6.05. The Morgan fingerprint density at radius 1 is 1.10 bits per heavy atom. The highest BCUT2D eigenvalue weighted by Gasteiger charge is 2.35. The first-order valence-corrected chi connectivity index (χ1v) is 6.05. The van der Waals surface area contributed by atoms with Gasteiger partial charge in [-0.3, -0.25) is 0 Å². The highest BCUT2D eigenvalue weighted by Crippen LogP contribution is 2.38. The normalized spacial score (nSPS) is 22.1. The van der Waals surface area contributed by atoms with Crippen LogP contribution < -0.4 is 10.6 Å². The summed E-state index contributed by atoms with van der Waals surface area (Å²) in [5, 5.41) is 0. The van der Waals surface area contributed by atoms with Crippen molar-refractivity contribution in [1.82, 2.24) is 0 Å². The number of alkyl halides is 3. The topological polar surface area (TPSA) is 29.3 Å². The minimum atomic E-state index is -4.40. The van der Waals surface area contributed by atoms with Crippen molar-refractivity contribution in [3.63, 3.8) is 0 Å². The van der Waals surface area contributed by atoms with Gasteiger partial charge in [0.05, 0.1) is 5.56 Å². The Balaban J connectivity index is 0.00000180. The smallest absolute Gasteiger partial charge is 0.398 e. The van der Waals surface area contributed by atoms with Gasteiger partial charge in [0.15, 0.2) is 0 Å². The van der Waals surface area contributed by atoms with Gasteiger partial charge in [-0.15, -0.1) is 0 Å². The molecule has 1 aliphatic rings. The van der Waals surface area contributed by atoms with Crippen LogP contribution in [0.15, 0.2) is 18.2 Å². The Bertz CT molecular complexity index is 442. The molecule has 1 aliphatic heterocycles. The van der Waals surface area contributed by atoms with Gasteiger partial charge in [-0.1, -0.05) is 0 Å². The molecule has 1 aromatic rings. The summed E-state index contributed by atoms with van der Waals surface area (Å²) in [6.07, 6.45) is -2.38. The van der Waals surface area contributed by atoms with Gasteiger partial charge in [-0.25, -0.2) is 0 Å². The molecular formula is C13H21F3N2S2. The Hall–Kier alpha value is -0.690. The van der Waals surface area contributed by atoms with Crippen molar-refractivity contribution in [1.29, 1.82) is 0 Å². The van der Waals surface area contributed by atoms with Crippen molar-refractivity contribution < 1.29 is 13.2 Å². The maximum Gasteiger partial charge on any atom is 0.418 e. The molecule has 0 aromatic heterocycles. The first-order chi connectivity index (χ1) is 8.30. The van der Waals surface area contributed by atoms with Crippen molar-refractivity contribution >= 4 is 38.4 Å². The standard InChI is InChI=1S/C13H17F3N2.2H2S/c1-8-3-4-9(2)18(8)10-5-6-12(17)11(7-10)13(14,15)16;;/h5-9H,3-4,17H2,1-2H3;2*1H2/t8-,9-;;/m0../s1. The number of anilines is 2. The number of rotatable bonds is 1. The van der Waals surface area contributed by atoms with Crippen LogP contribution in [0.25, 0.3) is 0 Å². The summed E-state index contributed by atoms with van der Waals surface area (Å²) in [7, 11) is 0. The second kappa shape index (κ2) is 6.85. The number of hydrogen-bond donors (Lipinski definition) is 1. The number of halogens is 3. The van der Waals surface area contributed by atoms with Gasteiger partial charge in [-0.05, 0) is 44.9 Å². The van der Waals surface area contributed by atoms with E-state index < -0.39 is 11.7 Å². The highest BCUT2D eigenvalue weighted by atomic mass is 32.1. The number of nitrogens with zero attached hydrogens (tertiary/aromatic N) is 1. The number of benzene rings is 1. The fourth-order valence-corrected chi connectivity index (χ4v) is 2.65. The second-order valence-electron chi connectivity index (χ2n) is 4.95. The summed E-state index contributed by atoms with van der Waals surface area (Å²) in [6.45, 7) is 4.07. The molecule has 116 valence electrons. The number of nitrogens with two attached hydrogens (primary N) is 1. The quantitative estimate of drug-likeness (QED) is 0.793. The summed E-state index contributed by atoms with van der Waals surface area (Å²) >= 11 is 0. The molecule has 7 heteroatoms. The molecular weight excluding hydrogens is 305 g/mol. The molecule has 1 aromatic carbocycles. The van der Waals surface area contributed by atoms with Gasteiger partial charge >= 0.3 is 6.18 Å². The van der Waals surface area contributed by atoms with Crippen LogP contribution in [0.1, 0.15) is 32.3 Å². The van der Waals surface area contributed by atoms with Crippen LogP contribution >= 0.6 is 27.0 Å². The zero-order valence-electron chi connectivity index (χ0n) is 11.5. The Morgan fingerprint density at radius 2 is 1.60 bits per heavy atom. The Morgan fingerprint density at radius 3 is 2.05 bits per heavy atom. The van der Waals surface area contributed by atoms with Crippen LogP contribution in [-0.2, 0) is 6.18 Å². The maximum atomic E-state index is 12.8. The molecule has 0 radical (unpaired) electrons. The summed E-state index contributed by atoms with van der Waals surface area (Å²) in [5.41, 5.74) is 5.05. The van der Waals surface area contributed by atoms with Crippen LogP contribution in [0.5, 0.6) is 0 Å². The number of hydrogen-bond acceptors (Lipinski definition) is 2. The van der Waals surface area contributed by atoms with Crippen molar-refractivity contribution in [3.8, 4) is 0 Å². The van der Waals surface area contributed by atoms with E-state index in [2.05, 4.69) is 0 Å². The van der Waals surface area contributed by atoms with Crippen LogP contribution in [0.2, 0.25) is 0 Å². The third-order valence-electron chi connectivity index (χ3n) is 3.59. The number of nitrogen functional groups attached to an aromatic ring is 1. The van der Waals surface area contributed by atoms with E-state index in [4.69, 9.17) is 5.73 Å². The lowest BCUT2D eigenvalue weighted by Gasteiger charge is -2.29. The lowest BCUT2D eigenvalue weighted by Crippen LogP contribution is -2.32. The van der Waals surface area contributed by atoms with E-state index in [9.17, 15) is 13.2 Å². The molecule has 20 heavy (non-hydrogen) atoms. The van der Waals surface area contributed by atoms with E-state index >= 15 is 0 Å². The van der Waals surface area contributed by atoms with Crippen LogP contribution in [0.3, 0.4) is 0 Å². The van der Waals surface area contributed by atoms with E-state index in [1.165, 1.54) is 6.07 Å². The molecule has 2 rings (SSSR count). The molecule has 0 unspecified atom stereocenters. The zero-order chi connectivity index (χ0) is 13.5. The Kier molecular flexibility index (Phi) is 6.61. The van der Waals surface area contributed by atoms with E-state index in [0.29, 0.717) is 5.69 Å². The first kappa shape index (κ1) is 19.3. The van der Waals surface area contributed by atoms with Crippen LogP contribution in [0.4, 0.5) is 24.5 Å². The molecule has 2 atom stereocenters. The third kappa shape index (κ3) is 3.69. The molecule has 2 nitrogen and oxygen atoms in total. The zero-order valence-corrected chi connectivity index (χ0v) is 13.5. The second-order valence-corrected chi connectivity index (χ2v) is 4.95. The fraction of sp³-hybridized carbons (Fsp3) is 0.538. The molecule has 0 spiro atoms. The largest absolute Gasteiger partial charge is 0.418 e. The fourth-order valence-electron chi connectivity index (χ4n) is 2.65. The predicted octanol–water partition coefficient (Wildman–Crippen LogP) is 3.89.